The van der Waals surface area contributed by atoms with E-state index in [1.165, 1.54) is 0 Å². The number of allylic oxidation sites excluding steroid dienone is 1. The van der Waals surface area contributed by atoms with Crippen molar-refractivity contribution in [3.8, 4) is 0 Å². The molecule has 0 saturated carbocycles. The van der Waals surface area contributed by atoms with Crippen LogP contribution in [0.25, 0.3) is 0 Å². The molecular weight excluding hydrogens is 344 g/mol. The van der Waals surface area contributed by atoms with Crippen LogP contribution in [-0.2, 0) is 24.2 Å². The van der Waals surface area contributed by atoms with Gasteiger partial charge in [-0.1, -0.05) is 26.8 Å². The lowest BCUT2D eigenvalue weighted by molar-refractivity contribution is -0.141. The lowest BCUT2D eigenvalue weighted by Gasteiger charge is -2.42. The van der Waals surface area contributed by atoms with E-state index in [9.17, 15) is 14.7 Å². The van der Waals surface area contributed by atoms with E-state index in [-0.39, 0.29) is 17.0 Å². The van der Waals surface area contributed by atoms with E-state index in [4.69, 9.17) is 0 Å². The van der Waals surface area contributed by atoms with E-state index in [0.29, 0.717) is 19.0 Å². The Kier molecular flexibility index (Phi) is 5.42. The Bertz CT molecular complexity index is 739. The Hall–Kier alpha value is -2.15. The van der Waals surface area contributed by atoms with Gasteiger partial charge >= 0.3 is 5.97 Å². The minimum Gasteiger partial charge on any atom is -0.476 e. The number of hydrogen-bond acceptors (Lipinski definition) is 4. The molecule has 148 valence electrons. The third-order valence-electron chi connectivity index (χ3n) is 5.58. The largest absolute Gasteiger partial charge is 0.476 e. The number of carbonyl (C=O) groups is 2. The van der Waals surface area contributed by atoms with Crippen LogP contribution in [0.5, 0.6) is 0 Å². The molecule has 0 bridgehead atoms. The van der Waals surface area contributed by atoms with Crippen molar-refractivity contribution in [3.05, 3.63) is 29.6 Å². The molecule has 1 aromatic heterocycles. The van der Waals surface area contributed by atoms with Crippen LogP contribution in [-0.4, -0.2) is 68.8 Å². The molecule has 1 aliphatic carbocycles. The predicted molar refractivity (Wildman–Crippen MR) is 103 cm³/mol. The van der Waals surface area contributed by atoms with Crippen molar-refractivity contribution < 1.29 is 14.7 Å². The van der Waals surface area contributed by atoms with Crippen molar-refractivity contribution in [1.29, 1.82) is 0 Å². The van der Waals surface area contributed by atoms with E-state index in [1.807, 2.05) is 25.7 Å². The lowest BCUT2D eigenvalue weighted by Crippen LogP contribution is -2.55. The zero-order valence-electron chi connectivity index (χ0n) is 16.6. The number of carboxylic acid groups (broad SMARTS) is 1. The van der Waals surface area contributed by atoms with Gasteiger partial charge in [-0.05, 0) is 19.3 Å². The maximum Gasteiger partial charge on any atom is 0.356 e. The molecule has 1 N–H and O–H groups in total. The molecule has 0 aromatic carbocycles. The second kappa shape index (κ2) is 7.46. The van der Waals surface area contributed by atoms with Crippen LogP contribution in [0.1, 0.15) is 48.9 Å². The van der Waals surface area contributed by atoms with Gasteiger partial charge in [0.05, 0.1) is 6.54 Å². The summed E-state index contributed by atoms with van der Waals surface area (Å²) in [7, 11) is 0. The van der Waals surface area contributed by atoms with E-state index >= 15 is 0 Å². The van der Waals surface area contributed by atoms with Crippen molar-refractivity contribution >= 4 is 11.9 Å². The number of carboxylic acids is 1. The lowest BCUT2D eigenvalue weighted by atomic mass is 9.89. The fourth-order valence-electron chi connectivity index (χ4n) is 4.19. The Labute approximate surface area is 160 Å². The van der Waals surface area contributed by atoms with E-state index in [0.717, 1.165) is 50.3 Å². The number of nitrogens with zero attached hydrogens (tertiary/aromatic N) is 4. The molecule has 0 radical (unpaired) electrons. The van der Waals surface area contributed by atoms with Crippen molar-refractivity contribution in [3.63, 3.8) is 0 Å². The van der Waals surface area contributed by atoms with Crippen molar-refractivity contribution in [2.45, 2.75) is 52.6 Å². The van der Waals surface area contributed by atoms with Gasteiger partial charge in [-0.15, -0.1) is 6.58 Å². The molecular formula is C20H30N4O3. The SMILES string of the molecule is C=CCn1nc(C(=O)O)c2c1CC[C@@H](N1CCN(C(=O)C(C)(C)C)CC1)C2. The summed E-state index contributed by atoms with van der Waals surface area (Å²) in [5, 5.41) is 13.8. The highest BCUT2D eigenvalue weighted by molar-refractivity contribution is 5.87. The third-order valence-corrected chi connectivity index (χ3v) is 5.58. The number of rotatable bonds is 4. The number of piperazine rings is 1. The minimum atomic E-state index is -0.963. The number of amides is 1. The second-order valence-corrected chi connectivity index (χ2v) is 8.52. The maximum absolute atomic E-state index is 12.5. The Balaban J connectivity index is 1.69. The highest BCUT2D eigenvalue weighted by Crippen LogP contribution is 2.29. The number of aromatic nitrogens is 2. The average molecular weight is 374 g/mol. The Morgan fingerprint density at radius 1 is 1.26 bits per heavy atom. The molecule has 0 spiro atoms. The van der Waals surface area contributed by atoms with E-state index in [1.54, 1.807) is 10.8 Å². The second-order valence-electron chi connectivity index (χ2n) is 8.52. The molecule has 2 aliphatic rings. The first-order valence-corrected chi connectivity index (χ1v) is 9.68. The van der Waals surface area contributed by atoms with Crippen molar-refractivity contribution in [1.82, 2.24) is 19.6 Å². The molecule has 1 atom stereocenters. The molecule has 1 saturated heterocycles. The van der Waals surface area contributed by atoms with Gasteiger partial charge in [-0.25, -0.2) is 4.79 Å². The number of fused-ring (bicyclic) bond motifs is 1. The molecule has 27 heavy (non-hydrogen) atoms. The Morgan fingerprint density at radius 2 is 1.93 bits per heavy atom. The fourth-order valence-corrected chi connectivity index (χ4v) is 4.19. The van der Waals surface area contributed by atoms with Crippen LogP contribution >= 0.6 is 0 Å². The quantitative estimate of drug-likeness (QED) is 0.814. The van der Waals surface area contributed by atoms with Gasteiger partial charge < -0.3 is 10.0 Å². The molecule has 7 heteroatoms. The molecule has 1 aromatic rings. The highest BCUT2D eigenvalue weighted by Gasteiger charge is 2.35. The molecule has 1 fully saturated rings. The topological polar surface area (TPSA) is 78.7 Å². The third kappa shape index (κ3) is 3.93. The van der Waals surface area contributed by atoms with E-state index < -0.39 is 5.97 Å². The van der Waals surface area contributed by atoms with Gasteiger partial charge in [-0.2, -0.15) is 5.10 Å². The zero-order valence-corrected chi connectivity index (χ0v) is 16.6. The summed E-state index contributed by atoms with van der Waals surface area (Å²) in [6.45, 7) is 13.3. The van der Waals surface area contributed by atoms with Crippen molar-refractivity contribution in [2.75, 3.05) is 26.2 Å². The summed E-state index contributed by atoms with van der Waals surface area (Å²) in [5.74, 6) is -0.762. The maximum atomic E-state index is 12.5. The molecule has 0 unspecified atom stereocenters. The zero-order chi connectivity index (χ0) is 19.8. The molecule has 1 aliphatic heterocycles. The molecule has 2 heterocycles. The summed E-state index contributed by atoms with van der Waals surface area (Å²) in [5.41, 5.74) is 1.73. The summed E-state index contributed by atoms with van der Waals surface area (Å²) >= 11 is 0. The van der Waals surface area contributed by atoms with Crippen LogP contribution in [0.15, 0.2) is 12.7 Å². The van der Waals surface area contributed by atoms with Gasteiger partial charge in [0.1, 0.15) is 0 Å². The van der Waals surface area contributed by atoms with Crippen molar-refractivity contribution in [2.24, 2.45) is 5.41 Å². The van der Waals surface area contributed by atoms with E-state index in [2.05, 4.69) is 16.6 Å². The monoisotopic (exact) mass is 374 g/mol. The predicted octanol–water partition coefficient (Wildman–Crippen LogP) is 1.81. The van der Waals surface area contributed by atoms with Gasteiger partial charge in [0.25, 0.3) is 0 Å². The summed E-state index contributed by atoms with van der Waals surface area (Å²) in [4.78, 5) is 28.5. The normalized spacial score (nSPS) is 21.0. The van der Waals surface area contributed by atoms with Crippen LogP contribution in [0.2, 0.25) is 0 Å². The first kappa shape index (κ1) is 19.6. The smallest absolute Gasteiger partial charge is 0.356 e. The van der Waals surface area contributed by atoms with Crippen LogP contribution in [0.3, 0.4) is 0 Å². The number of aromatic carboxylic acids is 1. The minimum absolute atomic E-state index is 0.179. The number of hydrogen-bond donors (Lipinski definition) is 1. The van der Waals surface area contributed by atoms with Gasteiger partial charge in [0, 0.05) is 48.9 Å². The summed E-state index contributed by atoms with van der Waals surface area (Å²) in [6, 6.07) is 0.309. The first-order chi connectivity index (χ1) is 12.7. The van der Waals surface area contributed by atoms with Crippen LogP contribution in [0, 0.1) is 5.41 Å². The molecule has 3 rings (SSSR count). The first-order valence-electron chi connectivity index (χ1n) is 9.68. The van der Waals surface area contributed by atoms with Crippen LogP contribution in [0.4, 0.5) is 0 Å². The summed E-state index contributed by atoms with van der Waals surface area (Å²) in [6.07, 6.45) is 4.27. The fraction of sp³-hybridized carbons (Fsp3) is 0.650. The van der Waals surface area contributed by atoms with Gasteiger partial charge in [0.2, 0.25) is 5.91 Å². The standard InChI is InChI=1S/C20H30N4O3/c1-5-8-24-16-7-6-14(13-15(16)17(21-24)18(25)26)22-9-11-23(12-10-22)19(27)20(2,3)4/h5,14H,1,6-13H2,2-4H3,(H,25,26)/t14-/m1/s1. The summed E-state index contributed by atoms with van der Waals surface area (Å²) < 4.78 is 1.78. The highest BCUT2D eigenvalue weighted by atomic mass is 16.4. The average Bonchev–Trinajstić information content (AvgIpc) is 2.99. The molecule has 7 nitrogen and oxygen atoms in total. The van der Waals surface area contributed by atoms with Gasteiger partial charge in [0.15, 0.2) is 5.69 Å². The van der Waals surface area contributed by atoms with Crippen LogP contribution < -0.4 is 0 Å². The number of carbonyl (C=O) groups excluding carboxylic acids is 1. The van der Waals surface area contributed by atoms with Gasteiger partial charge in [-0.3, -0.25) is 14.4 Å². The molecule has 1 amide bonds. The Morgan fingerprint density at radius 3 is 2.48 bits per heavy atom.